The minimum absolute atomic E-state index is 0.251. The number of benzene rings is 2. The van der Waals surface area contributed by atoms with Crippen molar-refractivity contribution in [1.29, 1.82) is 0 Å². The molecule has 0 aromatic heterocycles. The van der Waals surface area contributed by atoms with Crippen molar-refractivity contribution in [3.8, 4) is 11.5 Å². The number of nitrogens with one attached hydrogen (secondary N) is 1. The zero-order chi connectivity index (χ0) is 25.4. The lowest BCUT2D eigenvalue weighted by Gasteiger charge is -2.24. The maximum atomic E-state index is 13.5. The molecule has 0 radical (unpaired) electrons. The molecule has 0 spiro atoms. The summed E-state index contributed by atoms with van der Waals surface area (Å²) in [5.41, 5.74) is 6.33. The normalized spacial score (nSPS) is 14.1. The molecular formula is C29H38N2O4. The van der Waals surface area contributed by atoms with Gasteiger partial charge in [-0.05, 0) is 81.3 Å². The van der Waals surface area contributed by atoms with Crippen molar-refractivity contribution in [2.75, 3.05) is 20.8 Å². The van der Waals surface area contributed by atoms with Crippen molar-refractivity contribution in [2.24, 2.45) is 5.92 Å². The number of carbonyl (C=O) groups is 2. The van der Waals surface area contributed by atoms with Crippen molar-refractivity contribution in [3.63, 3.8) is 0 Å². The van der Waals surface area contributed by atoms with Gasteiger partial charge in [0.1, 0.15) is 11.5 Å². The highest BCUT2D eigenvalue weighted by Crippen LogP contribution is 2.26. The second kappa shape index (κ2) is 12.4. The Balaban J connectivity index is 1.81. The van der Waals surface area contributed by atoms with E-state index in [9.17, 15) is 9.59 Å². The van der Waals surface area contributed by atoms with Crippen LogP contribution in [0.1, 0.15) is 75.9 Å². The molecule has 2 amide bonds. The highest BCUT2D eigenvalue weighted by molar-refractivity contribution is 6.00. The lowest BCUT2D eigenvalue weighted by Crippen LogP contribution is -2.46. The third kappa shape index (κ3) is 6.65. The van der Waals surface area contributed by atoms with Crippen LogP contribution in [0.4, 0.5) is 0 Å². The molecule has 0 unspecified atom stereocenters. The molecule has 3 rings (SSSR count). The van der Waals surface area contributed by atoms with Gasteiger partial charge in [-0.15, -0.1) is 0 Å². The molecule has 1 saturated carbocycles. The van der Waals surface area contributed by atoms with Crippen LogP contribution in [0.25, 0.3) is 0 Å². The number of hydrogen-bond donors (Lipinski definition) is 1. The van der Waals surface area contributed by atoms with Gasteiger partial charge < -0.3 is 9.47 Å². The molecule has 0 aliphatic heterocycles. The highest BCUT2D eigenvalue weighted by Gasteiger charge is 2.22. The predicted molar refractivity (Wildman–Crippen MR) is 139 cm³/mol. The van der Waals surface area contributed by atoms with E-state index in [1.165, 1.54) is 37.1 Å². The van der Waals surface area contributed by atoms with E-state index in [0.717, 1.165) is 22.4 Å². The molecule has 6 heteroatoms. The molecular weight excluding hydrogens is 440 g/mol. The molecule has 1 aliphatic rings. The maximum Gasteiger partial charge on any atom is 0.272 e. The fraction of sp³-hybridized carbons (Fsp3) is 0.448. The fourth-order valence-electron chi connectivity index (χ4n) is 4.84. The topological polar surface area (TPSA) is 67.9 Å². The van der Waals surface area contributed by atoms with E-state index in [4.69, 9.17) is 9.47 Å². The van der Waals surface area contributed by atoms with Crippen molar-refractivity contribution in [1.82, 2.24) is 10.4 Å². The van der Waals surface area contributed by atoms with Crippen LogP contribution in [0.3, 0.4) is 0 Å². The first-order valence-corrected chi connectivity index (χ1v) is 12.4. The zero-order valence-corrected chi connectivity index (χ0v) is 21.6. The Morgan fingerprint density at radius 2 is 1.71 bits per heavy atom. The van der Waals surface area contributed by atoms with Gasteiger partial charge in [0.2, 0.25) is 0 Å². The molecule has 1 aliphatic carbocycles. The van der Waals surface area contributed by atoms with Crippen molar-refractivity contribution < 1.29 is 19.1 Å². The minimum atomic E-state index is -0.340. The van der Waals surface area contributed by atoms with Gasteiger partial charge in [-0.1, -0.05) is 37.5 Å². The van der Waals surface area contributed by atoms with E-state index in [0.29, 0.717) is 35.8 Å². The molecule has 0 bridgehead atoms. The van der Waals surface area contributed by atoms with Gasteiger partial charge in [-0.3, -0.25) is 15.0 Å². The Bertz CT molecular complexity index is 1050. The first-order valence-electron chi connectivity index (χ1n) is 12.4. The number of nitrogens with zero attached hydrogens (tertiary/aromatic N) is 1. The van der Waals surface area contributed by atoms with Gasteiger partial charge >= 0.3 is 0 Å². The summed E-state index contributed by atoms with van der Waals surface area (Å²) in [7, 11) is 3.20. The Morgan fingerprint density at radius 3 is 2.34 bits per heavy atom. The Kier molecular flexibility index (Phi) is 9.35. The molecule has 0 saturated heterocycles. The van der Waals surface area contributed by atoms with Gasteiger partial charge in [0, 0.05) is 23.2 Å². The molecule has 0 heterocycles. The standard InChI is InChI=1S/C29H38N2O4/c1-20-18-24(19-21(2)27(20)35-5)29(33)31(17-10-9-14-23-12-7-6-8-13-23)30-28(32)25-15-11-16-26(34-4)22(25)3/h9,11,14-16,18-19,23H,6-8,10,12-13,17H2,1-5H3,(H,30,32). The number of ether oxygens (including phenoxy) is 2. The van der Waals surface area contributed by atoms with Crippen molar-refractivity contribution in [3.05, 3.63) is 70.3 Å². The predicted octanol–water partition coefficient (Wildman–Crippen LogP) is 5.94. The number of hydrogen-bond acceptors (Lipinski definition) is 4. The number of carbonyl (C=O) groups excluding carboxylic acids is 2. The molecule has 1 N–H and O–H groups in total. The lowest BCUT2D eigenvalue weighted by molar-refractivity contribution is 0.0586. The monoisotopic (exact) mass is 478 g/mol. The van der Waals surface area contributed by atoms with Crippen LogP contribution in [0, 0.1) is 26.7 Å². The number of amides is 2. The van der Waals surface area contributed by atoms with Gasteiger partial charge in [0.05, 0.1) is 14.2 Å². The summed E-state index contributed by atoms with van der Waals surface area (Å²) in [4.78, 5) is 26.7. The summed E-state index contributed by atoms with van der Waals surface area (Å²) in [5.74, 6) is 1.42. The van der Waals surface area contributed by atoms with Crippen molar-refractivity contribution in [2.45, 2.75) is 59.3 Å². The first kappa shape index (κ1) is 26.3. The Hall–Kier alpha value is -3.28. The SMILES string of the molecule is COc1cccc(C(=O)NN(CCC=CC2CCCCC2)C(=O)c2cc(C)c(OC)c(C)c2)c1C. The van der Waals surface area contributed by atoms with E-state index in [2.05, 4.69) is 17.6 Å². The van der Waals surface area contributed by atoms with Gasteiger partial charge in [0.25, 0.3) is 11.8 Å². The quantitative estimate of drug-likeness (QED) is 0.376. The summed E-state index contributed by atoms with van der Waals surface area (Å²) in [6, 6.07) is 8.94. The second-order valence-electron chi connectivity index (χ2n) is 9.29. The molecule has 6 nitrogen and oxygen atoms in total. The minimum Gasteiger partial charge on any atom is -0.496 e. The van der Waals surface area contributed by atoms with E-state index in [-0.39, 0.29) is 11.8 Å². The number of methoxy groups -OCH3 is 2. The van der Waals surface area contributed by atoms with Crippen LogP contribution in [-0.2, 0) is 0 Å². The van der Waals surface area contributed by atoms with E-state index < -0.39 is 0 Å². The second-order valence-corrected chi connectivity index (χ2v) is 9.29. The first-order chi connectivity index (χ1) is 16.8. The molecule has 188 valence electrons. The third-order valence-electron chi connectivity index (χ3n) is 6.72. The van der Waals surface area contributed by atoms with Crippen LogP contribution in [0.2, 0.25) is 0 Å². The van der Waals surface area contributed by atoms with Gasteiger partial charge in [-0.2, -0.15) is 0 Å². The smallest absolute Gasteiger partial charge is 0.272 e. The average Bonchev–Trinajstić information content (AvgIpc) is 2.85. The third-order valence-corrected chi connectivity index (χ3v) is 6.72. The maximum absolute atomic E-state index is 13.5. The van der Waals surface area contributed by atoms with Crippen LogP contribution >= 0.6 is 0 Å². The van der Waals surface area contributed by atoms with Gasteiger partial charge in [-0.25, -0.2) is 5.01 Å². The summed E-state index contributed by atoms with van der Waals surface area (Å²) < 4.78 is 10.8. The van der Waals surface area contributed by atoms with E-state index in [1.807, 2.05) is 39.0 Å². The number of rotatable bonds is 8. The number of hydrazine groups is 1. The van der Waals surface area contributed by atoms with Crippen LogP contribution in [0.5, 0.6) is 11.5 Å². The molecule has 2 aromatic rings. The number of allylic oxidation sites excluding steroid dienone is 1. The van der Waals surface area contributed by atoms with Crippen LogP contribution < -0.4 is 14.9 Å². The highest BCUT2D eigenvalue weighted by atomic mass is 16.5. The van der Waals surface area contributed by atoms with Crippen LogP contribution in [0.15, 0.2) is 42.5 Å². The summed E-state index contributed by atoms with van der Waals surface area (Å²) in [6.07, 6.45) is 11.4. The lowest BCUT2D eigenvalue weighted by atomic mass is 9.89. The Morgan fingerprint density at radius 1 is 1.03 bits per heavy atom. The molecule has 0 atom stereocenters. The zero-order valence-electron chi connectivity index (χ0n) is 21.6. The van der Waals surface area contributed by atoms with Gasteiger partial charge in [0.15, 0.2) is 0 Å². The van der Waals surface area contributed by atoms with Crippen molar-refractivity contribution >= 4 is 11.8 Å². The molecule has 1 fully saturated rings. The average molecular weight is 479 g/mol. The van der Waals surface area contributed by atoms with E-state index >= 15 is 0 Å². The summed E-state index contributed by atoms with van der Waals surface area (Å²) >= 11 is 0. The summed E-state index contributed by atoms with van der Waals surface area (Å²) in [5, 5.41) is 1.42. The van der Waals surface area contributed by atoms with E-state index in [1.54, 1.807) is 26.4 Å². The van der Waals surface area contributed by atoms with Crippen LogP contribution in [-0.4, -0.2) is 37.6 Å². The number of aryl methyl sites for hydroxylation is 2. The molecule has 35 heavy (non-hydrogen) atoms. The fourth-order valence-corrected chi connectivity index (χ4v) is 4.84. The largest absolute Gasteiger partial charge is 0.496 e. The summed E-state index contributed by atoms with van der Waals surface area (Å²) in [6.45, 7) is 6.04. The Labute approximate surface area is 209 Å². The molecule has 2 aromatic carbocycles.